The summed E-state index contributed by atoms with van der Waals surface area (Å²) in [5, 5.41) is 13.0. The molecule has 0 aliphatic heterocycles. The Morgan fingerprint density at radius 1 is 1.30 bits per heavy atom. The molecule has 0 fully saturated rings. The molecule has 3 N–H and O–H groups in total. The fourth-order valence-corrected chi connectivity index (χ4v) is 1.61. The van der Waals surface area contributed by atoms with Crippen molar-refractivity contribution in [1.82, 2.24) is 15.3 Å². The number of hydrogen-bond acceptors (Lipinski definition) is 6. The normalized spacial score (nSPS) is 10.1. The maximum atomic E-state index is 11.5. The van der Waals surface area contributed by atoms with Gasteiger partial charge >= 0.3 is 0 Å². The molecule has 1 heterocycles. The van der Waals surface area contributed by atoms with E-state index in [1.807, 2.05) is 0 Å². The summed E-state index contributed by atoms with van der Waals surface area (Å²) in [7, 11) is 1.48. The smallest absolute Gasteiger partial charge is 0.269 e. The van der Waals surface area contributed by atoms with Crippen molar-refractivity contribution in [3.63, 3.8) is 0 Å². The average molecular weight is 273 g/mol. The molecule has 8 nitrogen and oxygen atoms in total. The van der Waals surface area contributed by atoms with Crippen molar-refractivity contribution < 1.29 is 9.72 Å². The third kappa shape index (κ3) is 2.69. The van der Waals surface area contributed by atoms with E-state index < -0.39 is 4.92 Å². The minimum absolute atomic E-state index is 0.0256. The number of amides is 1. The summed E-state index contributed by atoms with van der Waals surface area (Å²) in [5.74, 6) is -0.429. The number of nitro groups is 1. The first-order chi connectivity index (χ1) is 9.51. The van der Waals surface area contributed by atoms with Crippen LogP contribution in [0.1, 0.15) is 10.5 Å². The lowest BCUT2D eigenvalue weighted by Gasteiger charge is -2.05. The van der Waals surface area contributed by atoms with E-state index >= 15 is 0 Å². The average Bonchev–Trinajstić information content (AvgIpc) is 2.45. The van der Waals surface area contributed by atoms with Gasteiger partial charge in [0.2, 0.25) is 5.95 Å². The number of benzene rings is 1. The van der Waals surface area contributed by atoms with E-state index in [0.717, 1.165) is 0 Å². The molecule has 20 heavy (non-hydrogen) atoms. The standard InChI is InChI=1S/C12H11N5O3/c1-14-11(18)10-6-9(15-12(13)16-10)7-2-4-8(5-3-7)17(19)20/h2-6H,1H3,(H,14,18)(H2,13,15,16). The summed E-state index contributed by atoms with van der Waals surface area (Å²) in [6.45, 7) is 0. The van der Waals surface area contributed by atoms with E-state index in [-0.39, 0.29) is 23.2 Å². The van der Waals surface area contributed by atoms with Crippen molar-refractivity contribution in [1.29, 1.82) is 0 Å². The zero-order valence-corrected chi connectivity index (χ0v) is 10.5. The van der Waals surface area contributed by atoms with Crippen LogP contribution in [0.4, 0.5) is 11.6 Å². The molecule has 0 saturated carbocycles. The Morgan fingerprint density at radius 3 is 2.50 bits per heavy atom. The van der Waals surface area contributed by atoms with Crippen LogP contribution in [0.15, 0.2) is 30.3 Å². The highest BCUT2D eigenvalue weighted by atomic mass is 16.6. The highest BCUT2D eigenvalue weighted by molar-refractivity contribution is 5.93. The molecule has 8 heteroatoms. The third-order valence-corrected chi connectivity index (χ3v) is 2.58. The molecule has 0 radical (unpaired) electrons. The number of nitrogens with zero attached hydrogens (tertiary/aromatic N) is 3. The van der Waals surface area contributed by atoms with Gasteiger partial charge in [0.05, 0.1) is 10.6 Å². The highest BCUT2D eigenvalue weighted by Crippen LogP contribution is 2.21. The van der Waals surface area contributed by atoms with Crippen molar-refractivity contribution in [2.24, 2.45) is 0 Å². The van der Waals surface area contributed by atoms with Crippen LogP contribution in [0.2, 0.25) is 0 Å². The monoisotopic (exact) mass is 273 g/mol. The maximum Gasteiger partial charge on any atom is 0.269 e. The molecule has 2 aromatic rings. The molecule has 0 bridgehead atoms. The number of aromatic nitrogens is 2. The van der Waals surface area contributed by atoms with Crippen LogP contribution in [-0.2, 0) is 0 Å². The molecular formula is C12H11N5O3. The summed E-state index contributed by atoms with van der Waals surface area (Å²) in [6.07, 6.45) is 0. The number of rotatable bonds is 3. The molecular weight excluding hydrogens is 262 g/mol. The number of nitrogen functional groups attached to an aromatic ring is 1. The number of carbonyl (C=O) groups is 1. The Hall–Kier alpha value is -3.03. The molecule has 0 saturated heterocycles. The van der Waals surface area contributed by atoms with E-state index in [1.165, 1.54) is 37.4 Å². The Labute approximate surface area is 113 Å². The Bertz CT molecular complexity index is 669. The van der Waals surface area contributed by atoms with Gasteiger partial charge in [0.1, 0.15) is 5.69 Å². The Kier molecular flexibility index (Phi) is 3.56. The van der Waals surface area contributed by atoms with Crippen molar-refractivity contribution in [2.75, 3.05) is 12.8 Å². The molecule has 0 aliphatic carbocycles. The summed E-state index contributed by atoms with van der Waals surface area (Å²) >= 11 is 0. The Balaban J connectivity index is 2.44. The van der Waals surface area contributed by atoms with Crippen LogP contribution in [0, 0.1) is 10.1 Å². The van der Waals surface area contributed by atoms with Gasteiger partial charge in [-0.2, -0.15) is 0 Å². The second-order valence-electron chi connectivity index (χ2n) is 3.88. The van der Waals surface area contributed by atoms with Gasteiger partial charge < -0.3 is 11.1 Å². The second kappa shape index (κ2) is 5.31. The fourth-order valence-electron chi connectivity index (χ4n) is 1.61. The first-order valence-electron chi connectivity index (χ1n) is 5.62. The number of hydrogen-bond donors (Lipinski definition) is 2. The minimum atomic E-state index is -0.492. The zero-order valence-electron chi connectivity index (χ0n) is 10.5. The van der Waals surface area contributed by atoms with Gasteiger partial charge in [-0.05, 0) is 18.2 Å². The van der Waals surface area contributed by atoms with Gasteiger partial charge in [-0.1, -0.05) is 0 Å². The van der Waals surface area contributed by atoms with Crippen molar-refractivity contribution in [3.05, 3.63) is 46.1 Å². The van der Waals surface area contributed by atoms with Gasteiger partial charge in [0.15, 0.2) is 0 Å². The number of nitro benzene ring substituents is 1. The third-order valence-electron chi connectivity index (χ3n) is 2.58. The van der Waals surface area contributed by atoms with E-state index in [2.05, 4.69) is 15.3 Å². The first kappa shape index (κ1) is 13.4. The molecule has 0 spiro atoms. The van der Waals surface area contributed by atoms with E-state index in [4.69, 9.17) is 5.73 Å². The van der Waals surface area contributed by atoms with Gasteiger partial charge in [-0.3, -0.25) is 14.9 Å². The van der Waals surface area contributed by atoms with Gasteiger partial charge in [0, 0.05) is 24.7 Å². The number of anilines is 1. The molecule has 1 amide bonds. The molecule has 1 aromatic carbocycles. The minimum Gasteiger partial charge on any atom is -0.368 e. The van der Waals surface area contributed by atoms with Crippen LogP contribution in [0.5, 0.6) is 0 Å². The lowest BCUT2D eigenvalue weighted by molar-refractivity contribution is -0.384. The van der Waals surface area contributed by atoms with Gasteiger partial charge in [-0.25, -0.2) is 9.97 Å². The molecule has 2 rings (SSSR count). The topological polar surface area (TPSA) is 124 Å². The van der Waals surface area contributed by atoms with Crippen molar-refractivity contribution >= 4 is 17.5 Å². The van der Waals surface area contributed by atoms with Crippen molar-refractivity contribution in [2.45, 2.75) is 0 Å². The highest BCUT2D eigenvalue weighted by Gasteiger charge is 2.11. The van der Waals surface area contributed by atoms with Crippen LogP contribution < -0.4 is 11.1 Å². The lowest BCUT2D eigenvalue weighted by atomic mass is 10.1. The predicted octanol–water partition coefficient (Wildman–Crippen LogP) is 0.994. The number of non-ortho nitro benzene ring substituents is 1. The number of nitrogens with one attached hydrogen (secondary N) is 1. The molecule has 0 atom stereocenters. The number of carbonyl (C=O) groups excluding carboxylic acids is 1. The first-order valence-corrected chi connectivity index (χ1v) is 5.62. The van der Waals surface area contributed by atoms with Crippen LogP contribution in [0.3, 0.4) is 0 Å². The van der Waals surface area contributed by atoms with Crippen molar-refractivity contribution in [3.8, 4) is 11.3 Å². The molecule has 1 aromatic heterocycles. The lowest BCUT2D eigenvalue weighted by Crippen LogP contribution is -2.20. The van der Waals surface area contributed by atoms with Crippen LogP contribution in [0.25, 0.3) is 11.3 Å². The second-order valence-corrected chi connectivity index (χ2v) is 3.88. The SMILES string of the molecule is CNC(=O)c1cc(-c2ccc([N+](=O)[O-])cc2)nc(N)n1. The maximum absolute atomic E-state index is 11.5. The van der Waals surface area contributed by atoms with Gasteiger partial charge in [0.25, 0.3) is 11.6 Å². The number of nitrogens with two attached hydrogens (primary N) is 1. The molecule has 0 unspecified atom stereocenters. The largest absolute Gasteiger partial charge is 0.368 e. The van der Waals surface area contributed by atoms with E-state index in [9.17, 15) is 14.9 Å². The van der Waals surface area contributed by atoms with E-state index in [0.29, 0.717) is 11.3 Å². The summed E-state index contributed by atoms with van der Waals surface area (Å²) in [4.78, 5) is 29.5. The fraction of sp³-hybridized carbons (Fsp3) is 0.0833. The summed E-state index contributed by atoms with van der Waals surface area (Å²) in [5.41, 5.74) is 6.69. The summed E-state index contributed by atoms with van der Waals surface area (Å²) in [6, 6.07) is 7.25. The van der Waals surface area contributed by atoms with Gasteiger partial charge in [-0.15, -0.1) is 0 Å². The molecule has 0 aliphatic rings. The predicted molar refractivity (Wildman–Crippen MR) is 71.9 cm³/mol. The molecule has 102 valence electrons. The quantitative estimate of drug-likeness (QED) is 0.634. The van der Waals surface area contributed by atoms with Crippen LogP contribution in [-0.4, -0.2) is 27.8 Å². The Morgan fingerprint density at radius 2 is 1.95 bits per heavy atom. The summed E-state index contributed by atoms with van der Waals surface area (Å²) < 4.78 is 0. The van der Waals surface area contributed by atoms with Crippen LogP contribution >= 0.6 is 0 Å². The van der Waals surface area contributed by atoms with E-state index in [1.54, 1.807) is 0 Å². The zero-order chi connectivity index (χ0) is 14.7.